The highest BCUT2D eigenvalue weighted by Crippen LogP contribution is 2.42. The monoisotopic (exact) mass is 464 g/mol. The smallest absolute Gasteiger partial charge is 0.246 e. The maximum atomic E-state index is 14.6. The van der Waals surface area contributed by atoms with E-state index in [0.717, 1.165) is 31.7 Å². The van der Waals surface area contributed by atoms with E-state index in [-0.39, 0.29) is 61.3 Å². The SMILES string of the molecule is C[C@@H]1C[C@]2(COCC(=O)N2)[C@H]2CO[C@H]3CC[C@H](CC3)c3cc(F)cc(F)c3OCCC(=O)N12. The van der Waals surface area contributed by atoms with E-state index in [4.69, 9.17) is 14.2 Å². The number of nitrogens with one attached hydrogen (secondary N) is 1. The van der Waals surface area contributed by atoms with Crippen molar-refractivity contribution >= 4 is 11.8 Å². The topological polar surface area (TPSA) is 77.1 Å². The summed E-state index contributed by atoms with van der Waals surface area (Å²) in [5.74, 6) is -1.69. The lowest BCUT2D eigenvalue weighted by Gasteiger charge is -2.42. The van der Waals surface area contributed by atoms with Crippen LogP contribution in [0, 0.1) is 11.6 Å². The predicted octanol–water partition coefficient (Wildman–Crippen LogP) is 2.66. The minimum absolute atomic E-state index is 0.0150. The largest absolute Gasteiger partial charge is 0.490 e. The quantitative estimate of drug-likeness (QED) is 0.639. The van der Waals surface area contributed by atoms with Gasteiger partial charge in [-0.15, -0.1) is 0 Å². The Balaban J connectivity index is 1.45. The molecule has 4 aliphatic heterocycles. The molecule has 1 aromatic rings. The highest BCUT2D eigenvalue weighted by Gasteiger charge is 2.55. The summed E-state index contributed by atoms with van der Waals surface area (Å²) in [7, 11) is 0. The zero-order valence-electron chi connectivity index (χ0n) is 18.8. The molecule has 180 valence electrons. The van der Waals surface area contributed by atoms with Crippen molar-refractivity contribution in [1.82, 2.24) is 10.2 Å². The van der Waals surface area contributed by atoms with Crippen LogP contribution in [-0.4, -0.2) is 66.9 Å². The van der Waals surface area contributed by atoms with Crippen molar-refractivity contribution in [3.05, 3.63) is 29.3 Å². The van der Waals surface area contributed by atoms with Gasteiger partial charge < -0.3 is 24.4 Å². The Hall–Kier alpha value is -2.26. The van der Waals surface area contributed by atoms with E-state index in [1.165, 1.54) is 6.07 Å². The van der Waals surface area contributed by atoms with Gasteiger partial charge in [-0.1, -0.05) is 0 Å². The fourth-order valence-electron chi connectivity index (χ4n) is 6.13. The van der Waals surface area contributed by atoms with Crippen molar-refractivity contribution in [1.29, 1.82) is 0 Å². The van der Waals surface area contributed by atoms with Crippen LogP contribution in [0.2, 0.25) is 0 Å². The van der Waals surface area contributed by atoms with E-state index in [0.29, 0.717) is 25.2 Å². The van der Waals surface area contributed by atoms with Gasteiger partial charge in [-0.2, -0.15) is 0 Å². The molecule has 7 nitrogen and oxygen atoms in total. The van der Waals surface area contributed by atoms with Gasteiger partial charge in [0.25, 0.3) is 0 Å². The summed E-state index contributed by atoms with van der Waals surface area (Å²) < 4.78 is 46.3. The van der Waals surface area contributed by atoms with Gasteiger partial charge in [-0.3, -0.25) is 9.59 Å². The second kappa shape index (κ2) is 8.83. The third-order valence-corrected chi connectivity index (χ3v) is 7.58. The van der Waals surface area contributed by atoms with Crippen LogP contribution >= 0.6 is 0 Å². The number of hydrogen-bond acceptors (Lipinski definition) is 5. The molecule has 0 radical (unpaired) electrons. The lowest BCUT2D eigenvalue weighted by atomic mass is 9.82. The van der Waals surface area contributed by atoms with Crippen LogP contribution in [0.4, 0.5) is 8.78 Å². The number of morpholine rings is 1. The average molecular weight is 465 g/mol. The molecule has 33 heavy (non-hydrogen) atoms. The van der Waals surface area contributed by atoms with Crippen LogP contribution in [0.25, 0.3) is 0 Å². The van der Waals surface area contributed by atoms with Crippen LogP contribution in [-0.2, 0) is 19.1 Å². The van der Waals surface area contributed by atoms with E-state index >= 15 is 0 Å². The number of nitrogens with zero attached hydrogens (tertiary/aromatic N) is 1. The highest BCUT2D eigenvalue weighted by molar-refractivity contribution is 5.81. The Kier molecular flexibility index (Phi) is 6.03. The molecule has 9 heteroatoms. The maximum Gasteiger partial charge on any atom is 0.246 e. The van der Waals surface area contributed by atoms with E-state index < -0.39 is 17.2 Å². The summed E-state index contributed by atoms with van der Waals surface area (Å²) in [5, 5.41) is 3.09. The molecule has 5 aliphatic rings. The molecule has 2 amide bonds. The van der Waals surface area contributed by atoms with Gasteiger partial charge >= 0.3 is 0 Å². The number of carbonyl (C=O) groups is 2. The van der Waals surface area contributed by atoms with Gasteiger partial charge in [0.05, 0.1) is 43.9 Å². The first-order valence-corrected chi connectivity index (χ1v) is 11.8. The molecular formula is C24H30F2N2O5. The summed E-state index contributed by atoms with van der Waals surface area (Å²) in [6.07, 6.45) is 3.55. The zero-order valence-corrected chi connectivity index (χ0v) is 18.8. The lowest BCUT2D eigenvalue weighted by Crippen LogP contribution is -2.65. The van der Waals surface area contributed by atoms with Crippen molar-refractivity contribution in [3.8, 4) is 5.75 Å². The molecule has 1 spiro atoms. The minimum Gasteiger partial charge on any atom is -0.490 e. The fourth-order valence-corrected chi connectivity index (χ4v) is 6.13. The summed E-state index contributed by atoms with van der Waals surface area (Å²) in [6.45, 7) is 2.58. The predicted molar refractivity (Wildman–Crippen MR) is 114 cm³/mol. The molecule has 6 rings (SSSR count). The third-order valence-electron chi connectivity index (χ3n) is 7.58. The lowest BCUT2D eigenvalue weighted by molar-refractivity contribution is -0.144. The second-order valence-corrected chi connectivity index (χ2v) is 9.78. The standard InChI is InChI=1S/C24H30F2N2O5/c1-14-10-24(13-31-12-21(29)27-24)20-11-33-17-4-2-15(3-5-17)18-8-16(25)9-19(26)23(18)32-7-6-22(30)28(14)20/h8-9,14-15,17,20H,2-7,10-13H2,1H3,(H,27,29)/t14-,15-,17+,20-,24+/m1/s1. The number of carbonyl (C=O) groups excluding carboxylic acids is 2. The fraction of sp³-hybridized carbons (Fsp3) is 0.667. The van der Waals surface area contributed by atoms with Crippen molar-refractivity contribution < 1.29 is 32.6 Å². The van der Waals surface area contributed by atoms with Crippen molar-refractivity contribution in [2.45, 2.75) is 75.1 Å². The molecule has 0 aromatic heterocycles. The Morgan fingerprint density at radius 3 is 2.70 bits per heavy atom. The number of halogens is 2. The van der Waals surface area contributed by atoms with E-state index in [1.807, 2.05) is 6.92 Å². The summed E-state index contributed by atoms with van der Waals surface area (Å²) >= 11 is 0. The average Bonchev–Trinajstić information content (AvgIpc) is 3.03. The molecule has 1 N–H and O–H groups in total. The molecule has 0 unspecified atom stereocenters. The molecule has 3 atom stereocenters. The number of rotatable bonds is 0. The number of benzene rings is 1. The van der Waals surface area contributed by atoms with Crippen LogP contribution in [0.15, 0.2) is 12.1 Å². The molecule has 1 saturated carbocycles. The van der Waals surface area contributed by atoms with Crippen LogP contribution in [0.1, 0.15) is 56.9 Å². The molecule has 2 bridgehead atoms. The summed E-state index contributed by atoms with van der Waals surface area (Å²) in [5.41, 5.74) is -0.153. The number of fused-ring (bicyclic) bond motifs is 6. The number of ether oxygens (including phenoxy) is 3. The minimum atomic E-state index is -0.739. The first kappa shape index (κ1) is 22.5. The van der Waals surface area contributed by atoms with Gasteiger partial charge in [-0.25, -0.2) is 8.78 Å². The number of hydrogen-bond donors (Lipinski definition) is 1. The summed E-state index contributed by atoms with van der Waals surface area (Å²) in [6, 6.07) is 1.69. The van der Waals surface area contributed by atoms with Crippen LogP contribution in [0.3, 0.4) is 0 Å². The summed E-state index contributed by atoms with van der Waals surface area (Å²) in [4.78, 5) is 27.2. The van der Waals surface area contributed by atoms with Gasteiger partial charge in [-0.05, 0) is 51.0 Å². The highest BCUT2D eigenvalue weighted by atomic mass is 19.1. The van der Waals surface area contributed by atoms with E-state index in [2.05, 4.69) is 5.32 Å². The molecule has 3 fully saturated rings. The zero-order chi connectivity index (χ0) is 23.2. The Bertz CT molecular complexity index is 936. The van der Waals surface area contributed by atoms with Crippen molar-refractivity contribution in [2.24, 2.45) is 0 Å². The third kappa shape index (κ3) is 4.21. The van der Waals surface area contributed by atoms with E-state index in [1.54, 1.807) is 4.90 Å². The molecule has 1 aromatic carbocycles. The second-order valence-electron chi connectivity index (χ2n) is 9.78. The van der Waals surface area contributed by atoms with Gasteiger partial charge in [0.1, 0.15) is 12.4 Å². The number of amides is 2. The first-order chi connectivity index (χ1) is 15.9. The normalized spacial score (nSPS) is 34.9. The Labute approximate surface area is 191 Å². The molecule has 4 heterocycles. The first-order valence-electron chi connectivity index (χ1n) is 11.8. The van der Waals surface area contributed by atoms with Gasteiger partial charge in [0.15, 0.2) is 11.6 Å². The Morgan fingerprint density at radius 1 is 1.15 bits per heavy atom. The maximum absolute atomic E-state index is 14.6. The van der Waals surface area contributed by atoms with Crippen LogP contribution in [0.5, 0.6) is 5.75 Å². The molecular weight excluding hydrogens is 434 g/mol. The van der Waals surface area contributed by atoms with Gasteiger partial charge in [0.2, 0.25) is 11.8 Å². The van der Waals surface area contributed by atoms with Crippen molar-refractivity contribution in [3.63, 3.8) is 0 Å². The molecule has 2 saturated heterocycles. The van der Waals surface area contributed by atoms with Crippen molar-refractivity contribution in [2.75, 3.05) is 26.4 Å². The molecule has 1 aliphatic carbocycles. The van der Waals surface area contributed by atoms with Crippen LogP contribution < -0.4 is 10.1 Å². The van der Waals surface area contributed by atoms with E-state index in [9.17, 15) is 18.4 Å². The Morgan fingerprint density at radius 2 is 1.94 bits per heavy atom. The van der Waals surface area contributed by atoms with Gasteiger partial charge in [0, 0.05) is 17.7 Å².